The first-order chi connectivity index (χ1) is 8.65. The number of hydroxylamine groups is 2. The van der Waals surface area contributed by atoms with Gasteiger partial charge in [-0.05, 0) is 24.5 Å². The molecule has 1 aromatic heterocycles. The molecule has 1 saturated carbocycles. The van der Waals surface area contributed by atoms with Crippen LogP contribution in [-0.2, 0) is 0 Å². The minimum atomic E-state index is -0.801. The number of primary amides is 1. The Kier molecular flexibility index (Phi) is 2.68. The summed E-state index contributed by atoms with van der Waals surface area (Å²) in [6.07, 6.45) is 0.949. The highest BCUT2D eigenvalue weighted by atomic mass is 32.1. The number of aromatic nitrogens is 1. The zero-order valence-electron chi connectivity index (χ0n) is 9.61. The Labute approximate surface area is 108 Å². The molecule has 94 valence electrons. The van der Waals surface area contributed by atoms with E-state index in [9.17, 15) is 10.0 Å². The summed E-state index contributed by atoms with van der Waals surface area (Å²) in [5, 5.41) is 10.9. The molecule has 3 rings (SSSR count). The lowest BCUT2D eigenvalue weighted by molar-refractivity contribution is -0.0431. The number of carbonyl (C=O) groups is 1. The van der Waals surface area contributed by atoms with Gasteiger partial charge in [0.2, 0.25) is 0 Å². The molecule has 6 heteroatoms. The predicted octanol–water partition coefficient (Wildman–Crippen LogP) is 2.17. The molecule has 0 saturated heterocycles. The molecule has 1 aliphatic rings. The van der Waals surface area contributed by atoms with Crippen LogP contribution >= 0.6 is 11.3 Å². The summed E-state index contributed by atoms with van der Waals surface area (Å²) in [4.78, 5) is 15.3. The molecule has 3 N–H and O–H groups in total. The number of benzene rings is 1. The fraction of sp³-hybridized carbons (Fsp3) is 0.333. The summed E-state index contributed by atoms with van der Waals surface area (Å²) in [6, 6.07) is 7.21. The lowest BCUT2D eigenvalue weighted by Crippen LogP contribution is -2.34. The molecular weight excluding hydrogens is 250 g/mol. The van der Waals surface area contributed by atoms with Crippen molar-refractivity contribution in [2.45, 2.75) is 12.3 Å². The van der Waals surface area contributed by atoms with Crippen LogP contribution in [0.4, 0.5) is 4.79 Å². The zero-order valence-corrected chi connectivity index (χ0v) is 10.4. The van der Waals surface area contributed by atoms with Crippen molar-refractivity contribution in [3.05, 3.63) is 29.3 Å². The highest BCUT2D eigenvalue weighted by Crippen LogP contribution is 2.49. The van der Waals surface area contributed by atoms with Gasteiger partial charge >= 0.3 is 6.03 Å². The second-order valence-corrected chi connectivity index (χ2v) is 5.60. The van der Waals surface area contributed by atoms with Crippen LogP contribution in [0.1, 0.15) is 17.3 Å². The minimum absolute atomic E-state index is 0.267. The third-order valence-corrected chi connectivity index (χ3v) is 4.38. The van der Waals surface area contributed by atoms with E-state index >= 15 is 0 Å². The van der Waals surface area contributed by atoms with Crippen LogP contribution in [0.15, 0.2) is 24.3 Å². The van der Waals surface area contributed by atoms with Crippen LogP contribution in [0.2, 0.25) is 0 Å². The summed E-state index contributed by atoms with van der Waals surface area (Å²) < 4.78 is 1.17. The molecule has 2 amide bonds. The first kappa shape index (κ1) is 11.4. The van der Waals surface area contributed by atoms with Gasteiger partial charge in [-0.3, -0.25) is 5.21 Å². The number of carbonyl (C=O) groups excluding carboxylic acids is 1. The van der Waals surface area contributed by atoms with E-state index in [1.807, 2.05) is 18.2 Å². The average molecular weight is 263 g/mol. The molecule has 1 heterocycles. The zero-order chi connectivity index (χ0) is 12.7. The molecule has 0 bridgehead atoms. The van der Waals surface area contributed by atoms with Gasteiger partial charge in [-0.15, -0.1) is 11.3 Å². The summed E-state index contributed by atoms with van der Waals surface area (Å²) in [7, 11) is 0. The quantitative estimate of drug-likeness (QED) is 0.658. The summed E-state index contributed by atoms with van der Waals surface area (Å²) in [5.41, 5.74) is 5.99. The first-order valence-corrected chi connectivity index (χ1v) is 6.58. The van der Waals surface area contributed by atoms with Gasteiger partial charge in [0.05, 0.1) is 21.8 Å². The number of fused-ring (bicyclic) bond motifs is 1. The first-order valence-electron chi connectivity index (χ1n) is 5.76. The second-order valence-electron chi connectivity index (χ2n) is 4.54. The lowest BCUT2D eigenvalue weighted by Gasteiger charge is -2.10. The normalized spacial score (nSPS) is 22.1. The highest BCUT2D eigenvalue weighted by Gasteiger charge is 2.42. The van der Waals surface area contributed by atoms with Crippen LogP contribution in [0.3, 0.4) is 0 Å². The Hall–Kier alpha value is -1.66. The minimum Gasteiger partial charge on any atom is -0.350 e. The predicted molar refractivity (Wildman–Crippen MR) is 68.5 cm³/mol. The number of amides is 2. The standard InChI is InChI=1S/C12H13N3O2S/c13-12(16)15(17)6-7-5-8(7)11-14-9-3-1-2-4-10(9)18-11/h1-4,7-8,17H,5-6H2,(H2,13,16). The molecule has 2 atom stereocenters. The number of nitrogens with two attached hydrogens (primary N) is 1. The van der Waals surface area contributed by atoms with Crippen molar-refractivity contribution in [3.63, 3.8) is 0 Å². The van der Waals surface area contributed by atoms with E-state index in [4.69, 9.17) is 5.73 Å². The Morgan fingerprint density at radius 3 is 3.06 bits per heavy atom. The smallest absolute Gasteiger partial charge is 0.338 e. The van der Waals surface area contributed by atoms with Crippen LogP contribution in [-0.4, -0.2) is 27.8 Å². The third kappa shape index (κ3) is 2.04. The van der Waals surface area contributed by atoms with Gasteiger partial charge in [0.1, 0.15) is 0 Å². The lowest BCUT2D eigenvalue weighted by atomic mass is 10.3. The molecule has 1 aliphatic carbocycles. The number of thiazole rings is 1. The molecule has 5 nitrogen and oxygen atoms in total. The average Bonchev–Trinajstić information content (AvgIpc) is 2.98. The number of urea groups is 1. The van der Waals surface area contributed by atoms with Crippen LogP contribution in [0.5, 0.6) is 0 Å². The van der Waals surface area contributed by atoms with Crippen LogP contribution < -0.4 is 5.73 Å². The fourth-order valence-electron chi connectivity index (χ4n) is 2.11. The molecule has 18 heavy (non-hydrogen) atoms. The maximum absolute atomic E-state index is 10.7. The number of hydrogen-bond donors (Lipinski definition) is 2. The maximum atomic E-state index is 10.7. The Morgan fingerprint density at radius 2 is 2.33 bits per heavy atom. The van der Waals surface area contributed by atoms with E-state index in [1.54, 1.807) is 11.3 Å². The van der Waals surface area contributed by atoms with Gasteiger partial charge in [-0.2, -0.15) is 0 Å². The van der Waals surface area contributed by atoms with Crippen LogP contribution in [0, 0.1) is 5.92 Å². The van der Waals surface area contributed by atoms with E-state index in [2.05, 4.69) is 11.1 Å². The van der Waals surface area contributed by atoms with Gasteiger partial charge < -0.3 is 5.73 Å². The number of nitrogens with zero attached hydrogens (tertiary/aromatic N) is 2. The molecular formula is C12H13N3O2S. The van der Waals surface area contributed by atoms with Crippen LogP contribution in [0.25, 0.3) is 10.2 Å². The molecule has 2 unspecified atom stereocenters. The van der Waals surface area contributed by atoms with Gasteiger partial charge in [0.15, 0.2) is 0 Å². The van der Waals surface area contributed by atoms with Crippen molar-refractivity contribution in [1.29, 1.82) is 0 Å². The van der Waals surface area contributed by atoms with Crippen molar-refractivity contribution >= 4 is 27.6 Å². The summed E-state index contributed by atoms with van der Waals surface area (Å²) in [5.74, 6) is 0.611. The summed E-state index contributed by atoms with van der Waals surface area (Å²) >= 11 is 1.68. The molecule has 0 spiro atoms. The van der Waals surface area contributed by atoms with E-state index < -0.39 is 6.03 Å². The second kappa shape index (κ2) is 4.22. The number of rotatable bonds is 3. The van der Waals surface area contributed by atoms with Crippen molar-refractivity contribution < 1.29 is 10.0 Å². The van der Waals surface area contributed by atoms with Crippen molar-refractivity contribution in [2.24, 2.45) is 11.7 Å². The van der Waals surface area contributed by atoms with E-state index in [-0.39, 0.29) is 12.5 Å². The van der Waals surface area contributed by atoms with Gasteiger partial charge in [-0.25, -0.2) is 14.8 Å². The molecule has 0 aliphatic heterocycles. The molecule has 0 radical (unpaired) electrons. The Balaban J connectivity index is 1.72. The van der Waals surface area contributed by atoms with E-state index in [0.29, 0.717) is 11.0 Å². The molecule has 1 aromatic carbocycles. The SMILES string of the molecule is NC(=O)N(O)CC1CC1c1nc2ccccc2s1. The topological polar surface area (TPSA) is 79.5 Å². The van der Waals surface area contributed by atoms with Crippen molar-refractivity contribution in [3.8, 4) is 0 Å². The Morgan fingerprint density at radius 1 is 1.56 bits per heavy atom. The van der Waals surface area contributed by atoms with E-state index in [1.165, 1.54) is 4.70 Å². The molecule has 1 fully saturated rings. The molecule has 2 aromatic rings. The maximum Gasteiger partial charge on any atom is 0.338 e. The fourth-order valence-corrected chi connectivity index (χ4v) is 3.29. The van der Waals surface area contributed by atoms with Crippen molar-refractivity contribution in [2.75, 3.05) is 6.54 Å². The summed E-state index contributed by atoms with van der Waals surface area (Å²) in [6.45, 7) is 0.288. The van der Waals surface area contributed by atoms with E-state index in [0.717, 1.165) is 16.9 Å². The largest absolute Gasteiger partial charge is 0.350 e. The Bertz CT molecular complexity index is 565. The third-order valence-electron chi connectivity index (χ3n) is 3.21. The van der Waals surface area contributed by atoms with Gasteiger partial charge in [0, 0.05) is 5.92 Å². The monoisotopic (exact) mass is 263 g/mol. The van der Waals surface area contributed by atoms with Gasteiger partial charge in [-0.1, -0.05) is 12.1 Å². The van der Waals surface area contributed by atoms with Crippen molar-refractivity contribution in [1.82, 2.24) is 10.0 Å². The highest BCUT2D eigenvalue weighted by molar-refractivity contribution is 7.18. The number of para-hydroxylation sites is 1. The number of hydrogen-bond acceptors (Lipinski definition) is 4. The van der Waals surface area contributed by atoms with Gasteiger partial charge in [0.25, 0.3) is 0 Å².